The Kier molecular flexibility index (Phi) is 19.6. The van der Waals surface area contributed by atoms with Crippen molar-refractivity contribution in [2.45, 2.75) is 208 Å². The van der Waals surface area contributed by atoms with Crippen molar-refractivity contribution in [2.75, 3.05) is 6.54 Å². The van der Waals surface area contributed by atoms with Crippen molar-refractivity contribution in [3.8, 4) is 0 Å². The Morgan fingerprint density at radius 1 is 0.629 bits per heavy atom. The predicted octanol–water partition coefficient (Wildman–Crippen LogP) is 13.0. The second-order valence-electron chi connectivity index (χ2n) is 21.4. The Hall–Kier alpha value is -3.03. The minimum atomic E-state index is -0.573. The summed E-state index contributed by atoms with van der Waals surface area (Å²) in [4.78, 5) is 69.4. The number of carbonyl (C=O) groups excluding carboxylic acids is 5. The number of carbonyl (C=O) groups is 5. The molecule has 4 saturated carbocycles. The highest BCUT2D eigenvalue weighted by Crippen LogP contribution is 2.46. The highest BCUT2D eigenvalue weighted by Gasteiger charge is 2.43. The number of Topliss-reactive ketones (excluding diaryl/α,β-unsaturated/α-hetero) is 3. The zero-order chi connectivity index (χ0) is 44.7. The first-order valence-corrected chi connectivity index (χ1v) is 25.5. The molecule has 0 saturated heterocycles. The molecule has 0 aromatic heterocycles. The molecule has 4 aliphatic carbocycles. The van der Waals surface area contributed by atoms with Crippen molar-refractivity contribution < 1.29 is 33.4 Å². The maximum atomic E-state index is 14.6. The normalized spacial score (nSPS) is 26.9. The summed E-state index contributed by atoms with van der Waals surface area (Å²) in [5.74, 6) is 1.74. The first kappa shape index (κ1) is 50.0. The van der Waals surface area contributed by atoms with E-state index in [0.717, 1.165) is 134 Å². The highest BCUT2D eigenvalue weighted by molar-refractivity contribution is 5.84. The molecule has 1 aromatic rings. The minimum Gasteiger partial charge on any atom is -0.461 e. The average Bonchev–Trinajstić information content (AvgIpc) is 3.25. The van der Waals surface area contributed by atoms with Gasteiger partial charge in [0.15, 0.2) is 0 Å². The molecule has 348 valence electrons. The van der Waals surface area contributed by atoms with Gasteiger partial charge in [-0.3, -0.25) is 19.2 Å². The van der Waals surface area contributed by atoms with Crippen molar-refractivity contribution in [2.24, 2.45) is 58.7 Å². The largest absolute Gasteiger partial charge is 0.461 e. The summed E-state index contributed by atoms with van der Waals surface area (Å²) in [5, 5.41) is 3.02. The van der Waals surface area contributed by atoms with Crippen LogP contribution in [0.15, 0.2) is 30.3 Å². The summed E-state index contributed by atoms with van der Waals surface area (Å²) in [6.07, 6.45) is 21.7. The second kappa shape index (κ2) is 24.3. The smallest absolute Gasteiger partial charge is 0.407 e. The lowest BCUT2D eigenvalue weighted by Gasteiger charge is -2.41. The molecule has 0 spiro atoms. The molecule has 0 heterocycles. The molecule has 5 rings (SSSR count). The molecule has 62 heavy (non-hydrogen) atoms. The Bertz CT molecular complexity index is 1580. The van der Waals surface area contributed by atoms with Crippen molar-refractivity contribution in [1.82, 2.24) is 5.32 Å². The lowest BCUT2D eigenvalue weighted by Crippen LogP contribution is -2.43. The van der Waals surface area contributed by atoms with Crippen LogP contribution in [-0.4, -0.2) is 41.6 Å². The molecular weight excluding hydrogens is 775 g/mol. The molecule has 8 nitrogen and oxygen atoms in total. The van der Waals surface area contributed by atoms with E-state index in [1.807, 2.05) is 51.1 Å². The monoisotopic (exact) mass is 860 g/mol. The predicted molar refractivity (Wildman–Crippen MR) is 247 cm³/mol. The average molecular weight is 860 g/mol. The molecule has 0 unspecified atom stereocenters. The number of benzene rings is 1. The van der Waals surface area contributed by atoms with Gasteiger partial charge in [0.1, 0.15) is 29.6 Å². The van der Waals surface area contributed by atoms with Gasteiger partial charge < -0.3 is 14.8 Å². The van der Waals surface area contributed by atoms with Gasteiger partial charge in [0.05, 0.1) is 5.92 Å². The number of alkyl carbamates (subject to hydrolysis) is 1. The van der Waals surface area contributed by atoms with Gasteiger partial charge in [0.2, 0.25) is 0 Å². The number of hydrogen-bond acceptors (Lipinski definition) is 7. The third-order valence-corrected chi connectivity index (χ3v) is 16.0. The van der Waals surface area contributed by atoms with Crippen molar-refractivity contribution in [3.63, 3.8) is 0 Å². The van der Waals surface area contributed by atoms with E-state index in [1.54, 1.807) is 0 Å². The van der Waals surface area contributed by atoms with Crippen molar-refractivity contribution >= 4 is 29.4 Å². The van der Waals surface area contributed by atoms with Crippen LogP contribution in [0.3, 0.4) is 0 Å². The molecule has 0 bridgehead atoms. The summed E-state index contributed by atoms with van der Waals surface area (Å²) in [7, 11) is 0. The quantitative estimate of drug-likeness (QED) is 0.122. The fourth-order valence-electron chi connectivity index (χ4n) is 13.0. The topological polar surface area (TPSA) is 116 Å². The van der Waals surface area contributed by atoms with Crippen LogP contribution in [0.25, 0.3) is 0 Å². The van der Waals surface area contributed by atoms with Gasteiger partial charge in [0, 0.05) is 44.1 Å². The van der Waals surface area contributed by atoms with E-state index in [4.69, 9.17) is 9.47 Å². The molecule has 4 fully saturated rings. The van der Waals surface area contributed by atoms with Crippen LogP contribution < -0.4 is 5.32 Å². The van der Waals surface area contributed by atoms with Gasteiger partial charge in [0.25, 0.3) is 0 Å². The third kappa shape index (κ3) is 14.5. The van der Waals surface area contributed by atoms with Crippen molar-refractivity contribution in [3.05, 3.63) is 35.9 Å². The molecule has 0 aliphatic heterocycles. The molecule has 9 atom stereocenters. The number of ketones is 3. The van der Waals surface area contributed by atoms with Crippen LogP contribution >= 0.6 is 0 Å². The van der Waals surface area contributed by atoms with Gasteiger partial charge in [-0.25, -0.2) is 4.79 Å². The molecular formula is C54H85NO7. The number of amides is 1. The number of hydrogen-bond donors (Lipinski definition) is 1. The van der Waals surface area contributed by atoms with Crippen LogP contribution in [0.2, 0.25) is 0 Å². The lowest BCUT2D eigenvalue weighted by molar-refractivity contribution is -0.154. The summed E-state index contributed by atoms with van der Waals surface area (Å²) < 4.78 is 11.4. The van der Waals surface area contributed by atoms with Gasteiger partial charge in [-0.15, -0.1) is 0 Å². The van der Waals surface area contributed by atoms with Gasteiger partial charge in [-0.05, 0) is 138 Å². The van der Waals surface area contributed by atoms with Gasteiger partial charge in [-0.2, -0.15) is 0 Å². The molecule has 1 amide bonds. The Morgan fingerprint density at radius 2 is 1.10 bits per heavy atom. The van der Waals surface area contributed by atoms with Crippen LogP contribution in [-0.2, 0) is 35.3 Å². The van der Waals surface area contributed by atoms with E-state index in [2.05, 4.69) is 26.1 Å². The lowest BCUT2D eigenvalue weighted by atomic mass is 9.63. The molecule has 0 radical (unpaired) electrons. The fourth-order valence-corrected chi connectivity index (χ4v) is 13.0. The van der Waals surface area contributed by atoms with E-state index in [-0.39, 0.29) is 77.0 Å². The van der Waals surface area contributed by atoms with Crippen LogP contribution in [0.5, 0.6) is 0 Å². The number of esters is 1. The van der Waals surface area contributed by atoms with Gasteiger partial charge >= 0.3 is 12.1 Å². The van der Waals surface area contributed by atoms with Crippen LogP contribution in [0.1, 0.15) is 201 Å². The van der Waals surface area contributed by atoms with Gasteiger partial charge in [-0.1, -0.05) is 109 Å². The Morgan fingerprint density at radius 3 is 1.58 bits per heavy atom. The maximum Gasteiger partial charge on any atom is 0.407 e. The molecule has 1 N–H and O–H groups in total. The number of rotatable bonds is 21. The fraction of sp³-hybridized carbons (Fsp3) is 0.796. The van der Waals surface area contributed by atoms with Crippen molar-refractivity contribution in [1.29, 1.82) is 0 Å². The summed E-state index contributed by atoms with van der Waals surface area (Å²) >= 11 is 0. The maximum absolute atomic E-state index is 14.6. The zero-order valence-electron chi connectivity index (χ0n) is 39.8. The van der Waals surface area contributed by atoms with Crippen LogP contribution in [0, 0.1) is 58.7 Å². The SMILES string of the molecule is CC[C@H](C(=O)C[C@H]1CCCC[C@H]1[C@H](CC)C(=O)C[C@H]1CCCC[C@H]1[C@H](CC)C(=O)OCc1ccccc1)[C@@H]1CCCC[C@@H]1CC(=O)CC1(CNC(=O)OC(C)(C)C)CCCCC1. The highest BCUT2D eigenvalue weighted by atomic mass is 16.6. The van der Waals surface area contributed by atoms with E-state index < -0.39 is 11.7 Å². The summed E-state index contributed by atoms with van der Waals surface area (Å²) in [6, 6.07) is 9.85. The Balaban J connectivity index is 1.21. The van der Waals surface area contributed by atoms with E-state index in [0.29, 0.717) is 43.8 Å². The molecule has 8 heteroatoms. The standard InChI is InChI=1S/C54H85NO7/c1-7-43(46-27-17-14-24-39(46)32-42(56)35-54(30-20-11-21-31-54)37-55-52(60)62-53(4,5)6)49(57)33-40-25-15-18-28-47(40)44(8-2)50(58)34-41-26-16-19-29-48(41)45(9-3)51(59)61-36-38-22-12-10-13-23-38/h10,12-13,22-23,39-41,43-48H,7-9,11,14-21,24-37H2,1-6H3,(H,55,60)/t39-,40-,41-,43+,44+,45+,46-,47-,48-/m1/s1. The molecule has 4 aliphatic rings. The summed E-state index contributed by atoms with van der Waals surface area (Å²) in [6.45, 7) is 12.7. The number of nitrogens with one attached hydrogen (secondary N) is 1. The second-order valence-corrected chi connectivity index (χ2v) is 21.4. The first-order valence-electron chi connectivity index (χ1n) is 25.5. The first-order chi connectivity index (χ1) is 29.8. The molecule has 1 aromatic carbocycles. The van der Waals surface area contributed by atoms with E-state index in [1.165, 1.54) is 0 Å². The minimum absolute atomic E-state index is 0.0560. The zero-order valence-corrected chi connectivity index (χ0v) is 39.8. The van der Waals surface area contributed by atoms with E-state index >= 15 is 0 Å². The summed E-state index contributed by atoms with van der Waals surface area (Å²) in [5.41, 5.74) is 0.182. The Labute approximate surface area is 376 Å². The third-order valence-electron chi connectivity index (χ3n) is 16.0. The van der Waals surface area contributed by atoms with Crippen LogP contribution in [0.4, 0.5) is 4.79 Å². The number of ether oxygens (including phenoxy) is 2. The van der Waals surface area contributed by atoms with E-state index in [9.17, 15) is 24.0 Å².